The summed E-state index contributed by atoms with van der Waals surface area (Å²) in [4.78, 5) is 13.6. The van der Waals surface area contributed by atoms with Gasteiger partial charge in [-0.1, -0.05) is 13.3 Å². The number of hydrogen-bond donors (Lipinski definition) is 2. The molecule has 0 bridgehead atoms. The molecule has 0 unspecified atom stereocenters. The standard InChI is InChI=1S/C11H18N4O3S/c1-3-4-8-10(19(12,17)18)9(14-13-8)11(16)15(2)7-5-6-7/h7H,3-6H2,1-2H3,(H,13,14)(H2,12,17,18). The van der Waals surface area contributed by atoms with E-state index in [0.717, 1.165) is 19.3 Å². The summed E-state index contributed by atoms with van der Waals surface area (Å²) in [6, 6.07) is 0.187. The van der Waals surface area contributed by atoms with Crippen LogP contribution in [-0.2, 0) is 16.4 Å². The monoisotopic (exact) mass is 286 g/mol. The first-order valence-corrected chi connectivity index (χ1v) is 7.78. The van der Waals surface area contributed by atoms with Crippen molar-refractivity contribution in [1.29, 1.82) is 0 Å². The Morgan fingerprint density at radius 1 is 1.53 bits per heavy atom. The van der Waals surface area contributed by atoms with E-state index in [9.17, 15) is 13.2 Å². The molecule has 0 radical (unpaired) electrons. The van der Waals surface area contributed by atoms with E-state index in [-0.39, 0.29) is 16.6 Å². The van der Waals surface area contributed by atoms with E-state index in [4.69, 9.17) is 5.14 Å². The molecule has 19 heavy (non-hydrogen) atoms. The maximum absolute atomic E-state index is 12.2. The number of carbonyl (C=O) groups is 1. The Morgan fingerprint density at radius 2 is 2.16 bits per heavy atom. The minimum absolute atomic E-state index is 0.0969. The van der Waals surface area contributed by atoms with E-state index in [1.807, 2.05) is 6.92 Å². The van der Waals surface area contributed by atoms with Gasteiger partial charge in [0, 0.05) is 13.1 Å². The number of nitrogens with one attached hydrogen (secondary N) is 1. The molecule has 106 valence electrons. The van der Waals surface area contributed by atoms with Crippen LogP contribution in [0.25, 0.3) is 0 Å². The lowest BCUT2D eigenvalue weighted by molar-refractivity contribution is 0.0775. The van der Waals surface area contributed by atoms with E-state index >= 15 is 0 Å². The van der Waals surface area contributed by atoms with E-state index in [1.54, 1.807) is 7.05 Å². The van der Waals surface area contributed by atoms with Gasteiger partial charge >= 0.3 is 0 Å². The van der Waals surface area contributed by atoms with E-state index in [0.29, 0.717) is 12.1 Å². The van der Waals surface area contributed by atoms with Gasteiger partial charge < -0.3 is 4.90 Å². The van der Waals surface area contributed by atoms with Gasteiger partial charge in [0.25, 0.3) is 5.91 Å². The topological polar surface area (TPSA) is 109 Å². The number of sulfonamides is 1. The Hall–Kier alpha value is -1.41. The van der Waals surface area contributed by atoms with Crippen molar-refractivity contribution in [2.45, 2.75) is 43.5 Å². The number of nitrogens with two attached hydrogens (primary N) is 1. The average Bonchev–Trinajstić information content (AvgIpc) is 3.07. The van der Waals surface area contributed by atoms with Gasteiger partial charge in [0.15, 0.2) is 5.69 Å². The third kappa shape index (κ3) is 2.79. The lowest BCUT2D eigenvalue weighted by Crippen LogP contribution is -2.31. The Bertz CT molecular complexity index is 589. The quantitative estimate of drug-likeness (QED) is 0.808. The van der Waals surface area contributed by atoms with E-state index in [2.05, 4.69) is 10.2 Å². The summed E-state index contributed by atoms with van der Waals surface area (Å²) in [6.07, 6.45) is 3.11. The molecule has 1 aliphatic carbocycles. The Labute approximate surface area is 112 Å². The van der Waals surface area contributed by atoms with Gasteiger partial charge in [0.1, 0.15) is 4.90 Å². The zero-order chi connectivity index (χ0) is 14.2. The average molecular weight is 286 g/mol. The first-order chi connectivity index (χ1) is 8.86. The van der Waals surface area contributed by atoms with Crippen molar-refractivity contribution in [3.05, 3.63) is 11.4 Å². The molecule has 1 heterocycles. The molecule has 0 saturated heterocycles. The van der Waals surface area contributed by atoms with Crippen LogP contribution in [-0.4, -0.2) is 42.5 Å². The number of aromatic amines is 1. The smallest absolute Gasteiger partial charge is 0.275 e. The van der Waals surface area contributed by atoms with Crippen molar-refractivity contribution in [2.24, 2.45) is 5.14 Å². The molecule has 1 aromatic rings. The molecule has 0 aromatic carbocycles. The molecule has 8 heteroatoms. The van der Waals surface area contributed by atoms with Crippen LogP contribution in [0.1, 0.15) is 42.4 Å². The van der Waals surface area contributed by atoms with Crippen molar-refractivity contribution in [3.8, 4) is 0 Å². The van der Waals surface area contributed by atoms with Crippen molar-refractivity contribution in [2.75, 3.05) is 7.05 Å². The highest BCUT2D eigenvalue weighted by Gasteiger charge is 2.35. The van der Waals surface area contributed by atoms with Crippen LogP contribution in [0.15, 0.2) is 4.90 Å². The summed E-state index contributed by atoms with van der Waals surface area (Å²) < 4.78 is 23.3. The molecule has 1 aromatic heterocycles. The van der Waals surface area contributed by atoms with Crippen LogP contribution < -0.4 is 5.14 Å². The number of aromatic nitrogens is 2. The lowest BCUT2D eigenvalue weighted by Gasteiger charge is -2.15. The first kappa shape index (κ1) is 14.0. The summed E-state index contributed by atoms with van der Waals surface area (Å²) in [5, 5.41) is 11.7. The maximum Gasteiger partial charge on any atom is 0.275 e. The summed E-state index contributed by atoms with van der Waals surface area (Å²) >= 11 is 0. The number of nitrogens with zero attached hydrogens (tertiary/aromatic N) is 2. The molecule has 0 spiro atoms. The van der Waals surface area contributed by atoms with Crippen LogP contribution >= 0.6 is 0 Å². The predicted molar refractivity (Wildman–Crippen MR) is 69.1 cm³/mol. The number of aryl methyl sites for hydroxylation is 1. The van der Waals surface area contributed by atoms with Gasteiger partial charge in [-0.25, -0.2) is 13.6 Å². The molecule has 1 amide bonds. The highest BCUT2D eigenvalue weighted by molar-refractivity contribution is 7.89. The number of primary sulfonamides is 1. The SMILES string of the molecule is CCCc1[nH]nc(C(=O)N(C)C2CC2)c1S(N)(=O)=O. The normalized spacial score (nSPS) is 15.5. The van der Waals surface area contributed by atoms with Crippen molar-refractivity contribution < 1.29 is 13.2 Å². The number of rotatable bonds is 5. The van der Waals surface area contributed by atoms with Crippen LogP contribution in [0.2, 0.25) is 0 Å². The van der Waals surface area contributed by atoms with Gasteiger partial charge in [0.2, 0.25) is 10.0 Å². The lowest BCUT2D eigenvalue weighted by atomic mass is 10.2. The minimum atomic E-state index is -3.97. The molecule has 2 rings (SSSR count). The summed E-state index contributed by atoms with van der Waals surface area (Å²) in [7, 11) is -2.31. The third-order valence-corrected chi connectivity index (χ3v) is 4.20. The number of H-pyrrole nitrogens is 1. The van der Waals surface area contributed by atoms with Crippen LogP contribution in [0, 0.1) is 0 Å². The van der Waals surface area contributed by atoms with Crippen molar-refractivity contribution in [1.82, 2.24) is 15.1 Å². The fourth-order valence-electron chi connectivity index (χ4n) is 2.03. The minimum Gasteiger partial charge on any atom is -0.337 e. The van der Waals surface area contributed by atoms with Gasteiger partial charge in [-0.2, -0.15) is 5.10 Å². The highest BCUT2D eigenvalue weighted by atomic mass is 32.2. The van der Waals surface area contributed by atoms with Crippen LogP contribution in [0.3, 0.4) is 0 Å². The molecule has 0 atom stereocenters. The van der Waals surface area contributed by atoms with Gasteiger partial charge in [-0.15, -0.1) is 0 Å². The molecular weight excluding hydrogens is 268 g/mol. The van der Waals surface area contributed by atoms with E-state index in [1.165, 1.54) is 4.90 Å². The second kappa shape index (κ2) is 4.93. The second-order valence-corrected chi connectivity index (χ2v) is 6.32. The molecule has 7 nitrogen and oxygen atoms in total. The highest BCUT2D eigenvalue weighted by Crippen LogP contribution is 2.28. The molecular formula is C11H18N4O3S. The molecule has 1 aliphatic rings. The number of carbonyl (C=O) groups excluding carboxylic acids is 1. The van der Waals surface area contributed by atoms with Gasteiger partial charge in [0.05, 0.1) is 5.69 Å². The Kier molecular flexibility index (Phi) is 3.64. The number of hydrogen-bond acceptors (Lipinski definition) is 4. The van der Waals surface area contributed by atoms with Crippen molar-refractivity contribution in [3.63, 3.8) is 0 Å². The number of amides is 1. The van der Waals surface area contributed by atoms with Gasteiger partial charge in [-0.05, 0) is 19.3 Å². The Balaban J connectivity index is 2.42. The molecule has 1 saturated carbocycles. The van der Waals surface area contributed by atoms with Crippen LogP contribution in [0.5, 0.6) is 0 Å². The summed E-state index contributed by atoms with van der Waals surface area (Å²) in [5.74, 6) is -0.398. The fraction of sp³-hybridized carbons (Fsp3) is 0.636. The van der Waals surface area contributed by atoms with Crippen LogP contribution in [0.4, 0.5) is 0 Å². The van der Waals surface area contributed by atoms with Gasteiger partial charge in [-0.3, -0.25) is 9.89 Å². The van der Waals surface area contributed by atoms with Crippen molar-refractivity contribution >= 4 is 15.9 Å². The first-order valence-electron chi connectivity index (χ1n) is 6.23. The maximum atomic E-state index is 12.2. The Morgan fingerprint density at radius 3 is 2.63 bits per heavy atom. The predicted octanol–water partition coefficient (Wildman–Crippen LogP) is 0.244. The van der Waals surface area contributed by atoms with E-state index < -0.39 is 15.9 Å². The molecule has 1 fully saturated rings. The second-order valence-electron chi connectivity index (χ2n) is 4.82. The molecule has 3 N–H and O–H groups in total. The fourth-order valence-corrected chi connectivity index (χ4v) is 2.93. The largest absolute Gasteiger partial charge is 0.337 e. The molecule has 0 aliphatic heterocycles. The zero-order valence-electron chi connectivity index (χ0n) is 11.0. The summed E-state index contributed by atoms with van der Waals surface area (Å²) in [5.41, 5.74) is 0.304. The summed E-state index contributed by atoms with van der Waals surface area (Å²) in [6.45, 7) is 1.91. The zero-order valence-corrected chi connectivity index (χ0v) is 11.8. The third-order valence-electron chi connectivity index (χ3n) is 3.19.